The summed E-state index contributed by atoms with van der Waals surface area (Å²) in [6.45, 7) is 6.58. The average Bonchev–Trinajstić information content (AvgIpc) is 1.63. The number of halogens is 3. The molecule has 0 aromatic heterocycles. The molecule has 9 heavy (non-hydrogen) atoms. The Morgan fingerprint density at radius 3 is 1.67 bits per heavy atom. The minimum absolute atomic E-state index is 0.0664. The van der Waals surface area contributed by atoms with Gasteiger partial charge in [-0.05, 0) is 0 Å². The van der Waals surface area contributed by atoms with Crippen LogP contribution in [0.25, 0.3) is 0 Å². The minimum atomic E-state index is 0.0664. The maximum absolute atomic E-state index is 5.38. The topological polar surface area (TPSA) is 12.4 Å². The maximum atomic E-state index is 5.38. The highest BCUT2D eigenvalue weighted by molar-refractivity contribution is 6.76. The van der Waals surface area contributed by atoms with Gasteiger partial charge >= 0.3 is 0 Å². The summed E-state index contributed by atoms with van der Waals surface area (Å²) in [5.41, 5.74) is 0. The van der Waals surface area contributed by atoms with E-state index in [1.54, 1.807) is 0 Å². The van der Waals surface area contributed by atoms with Crippen LogP contribution in [-0.2, 0) is 0 Å². The van der Waals surface area contributed by atoms with E-state index >= 15 is 0 Å². The van der Waals surface area contributed by atoms with Crippen molar-refractivity contribution in [1.29, 1.82) is 0 Å². The van der Waals surface area contributed by atoms with Gasteiger partial charge in [-0.1, -0.05) is 48.0 Å². The van der Waals surface area contributed by atoms with Crippen LogP contribution in [0.15, 0.2) is 28.3 Å². The fourth-order valence-corrected chi connectivity index (χ4v) is 0.439. The second-order valence-electron chi connectivity index (χ2n) is 1.18. The molecule has 0 aliphatic rings. The first-order chi connectivity index (χ1) is 4.04. The van der Waals surface area contributed by atoms with Gasteiger partial charge in [0.25, 0.3) is 0 Å². The van der Waals surface area contributed by atoms with Gasteiger partial charge in [-0.3, -0.25) is 0 Å². The summed E-state index contributed by atoms with van der Waals surface area (Å²) < 4.78 is 0. The largest absolute Gasteiger partial charge is 0.223 e. The average molecular weight is 184 g/mol. The van der Waals surface area contributed by atoms with Gasteiger partial charge in [0.2, 0.25) is 0 Å². The van der Waals surface area contributed by atoms with E-state index in [0.29, 0.717) is 0 Å². The van der Waals surface area contributed by atoms with Crippen molar-refractivity contribution in [2.24, 2.45) is 4.99 Å². The Hall–Kier alpha value is 0.0200. The molecule has 0 heterocycles. The van der Waals surface area contributed by atoms with E-state index in [1.165, 1.54) is 0 Å². The van der Waals surface area contributed by atoms with Crippen molar-refractivity contribution < 1.29 is 0 Å². The van der Waals surface area contributed by atoms with E-state index in [0.717, 1.165) is 0 Å². The third kappa shape index (κ3) is 4.52. The Balaban J connectivity index is 4.17. The van der Waals surface area contributed by atoms with E-state index in [4.69, 9.17) is 34.8 Å². The molecule has 0 rings (SSSR count). The predicted octanol–water partition coefficient (Wildman–Crippen LogP) is 3.09. The summed E-state index contributed by atoms with van der Waals surface area (Å²) in [5, 5.41) is 0.303. The van der Waals surface area contributed by atoms with Crippen LogP contribution in [0.5, 0.6) is 0 Å². The lowest BCUT2D eigenvalue weighted by Crippen LogP contribution is -1.82. The molecule has 4 heteroatoms. The van der Waals surface area contributed by atoms with Crippen molar-refractivity contribution in [1.82, 2.24) is 0 Å². The van der Waals surface area contributed by atoms with Crippen molar-refractivity contribution in [3.63, 3.8) is 0 Å². The van der Waals surface area contributed by atoms with Crippen LogP contribution < -0.4 is 0 Å². The van der Waals surface area contributed by atoms with Crippen LogP contribution in [0.2, 0.25) is 0 Å². The summed E-state index contributed by atoms with van der Waals surface area (Å²) in [5.74, 6) is 0. The van der Waals surface area contributed by atoms with Gasteiger partial charge in [-0.15, -0.1) is 0 Å². The number of hydrogen-bond acceptors (Lipinski definition) is 1. The summed E-state index contributed by atoms with van der Waals surface area (Å²) in [6.07, 6.45) is 0. The van der Waals surface area contributed by atoms with Crippen LogP contribution in [0.4, 0.5) is 0 Å². The standard InChI is InChI=1S/C5H4Cl3N/c1-3(6)5(8)9-4(2)7/h1-2H2/b9-5+. The first kappa shape index (κ1) is 9.02. The second kappa shape index (κ2) is 3.94. The molecule has 0 bridgehead atoms. The zero-order valence-corrected chi connectivity index (χ0v) is 6.76. The molecule has 0 aliphatic heterocycles. The molecule has 0 saturated carbocycles. The molecule has 0 atom stereocenters. The molecule has 50 valence electrons. The van der Waals surface area contributed by atoms with Crippen molar-refractivity contribution in [3.05, 3.63) is 23.3 Å². The predicted molar refractivity (Wildman–Crippen MR) is 43.3 cm³/mol. The summed E-state index contributed by atoms with van der Waals surface area (Å²) >= 11 is 15.9. The van der Waals surface area contributed by atoms with Crippen molar-refractivity contribution >= 4 is 40.0 Å². The van der Waals surface area contributed by atoms with E-state index in [9.17, 15) is 0 Å². The van der Waals surface area contributed by atoms with Crippen molar-refractivity contribution in [2.45, 2.75) is 0 Å². The fraction of sp³-hybridized carbons (Fsp3) is 0. The monoisotopic (exact) mass is 183 g/mol. The lowest BCUT2D eigenvalue weighted by atomic mass is 10.7. The molecule has 0 spiro atoms. The summed E-state index contributed by atoms with van der Waals surface area (Å²) in [4.78, 5) is 3.50. The van der Waals surface area contributed by atoms with Crippen LogP contribution >= 0.6 is 34.8 Å². The zero-order valence-electron chi connectivity index (χ0n) is 4.50. The van der Waals surface area contributed by atoms with E-state index in [-0.39, 0.29) is 15.4 Å². The fourth-order valence-electron chi connectivity index (χ4n) is 0.167. The lowest BCUT2D eigenvalue weighted by Gasteiger charge is -1.89. The quantitative estimate of drug-likeness (QED) is 0.462. The molecule has 0 aromatic carbocycles. The first-order valence-corrected chi connectivity index (χ1v) is 3.11. The number of nitrogens with zero attached hydrogens (tertiary/aromatic N) is 1. The Kier molecular flexibility index (Phi) is 3.95. The Morgan fingerprint density at radius 2 is 1.56 bits per heavy atom. The molecule has 0 amide bonds. The van der Waals surface area contributed by atoms with Crippen LogP contribution in [0, 0.1) is 0 Å². The Morgan fingerprint density at radius 1 is 1.11 bits per heavy atom. The van der Waals surface area contributed by atoms with Gasteiger partial charge in [-0.25, -0.2) is 4.99 Å². The van der Waals surface area contributed by atoms with E-state index < -0.39 is 0 Å². The third-order valence-electron chi connectivity index (χ3n) is 0.443. The molecule has 0 saturated heterocycles. The van der Waals surface area contributed by atoms with Gasteiger partial charge in [-0.2, -0.15) is 0 Å². The highest BCUT2D eigenvalue weighted by atomic mass is 35.5. The molecular weight excluding hydrogens is 180 g/mol. The molecule has 0 unspecified atom stereocenters. The highest BCUT2D eigenvalue weighted by Crippen LogP contribution is 2.09. The molecule has 0 aromatic rings. The minimum Gasteiger partial charge on any atom is -0.223 e. The Bertz CT molecular complexity index is 171. The maximum Gasteiger partial charge on any atom is 0.148 e. The third-order valence-corrected chi connectivity index (χ3v) is 1.12. The van der Waals surface area contributed by atoms with Gasteiger partial charge in [0.05, 0.1) is 5.03 Å². The van der Waals surface area contributed by atoms with E-state index in [2.05, 4.69) is 18.2 Å². The van der Waals surface area contributed by atoms with Gasteiger partial charge in [0.1, 0.15) is 10.3 Å². The number of rotatable bonds is 2. The summed E-state index contributed by atoms with van der Waals surface area (Å²) in [7, 11) is 0. The van der Waals surface area contributed by atoms with Crippen LogP contribution in [0.1, 0.15) is 0 Å². The first-order valence-electron chi connectivity index (χ1n) is 1.97. The van der Waals surface area contributed by atoms with Crippen LogP contribution in [0.3, 0.4) is 0 Å². The molecule has 1 nitrogen and oxygen atoms in total. The normalized spacial score (nSPS) is 11.2. The number of aliphatic imine (C=N–C) groups is 1. The molecule has 0 radical (unpaired) electrons. The molecule has 0 fully saturated rings. The lowest BCUT2D eigenvalue weighted by molar-refractivity contribution is 1.55. The van der Waals surface area contributed by atoms with Gasteiger partial charge in [0.15, 0.2) is 0 Å². The Labute approximate surface area is 68.6 Å². The molecule has 0 aliphatic carbocycles. The molecular formula is C5H4Cl3N. The van der Waals surface area contributed by atoms with Crippen molar-refractivity contribution in [3.8, 4) is 0 Å². The van der Waals surface area contributed by atoms with Gasteiger partial charge < -0.3 is 0 Å². The number of allylic oxidation sites excluding steroid dienone is 1. The smallest absolute Gasteiger partial charge is 0.148 e. The zero-order chi connectivity index (χ0) is 7.44. The van der Waals surface area contributed by atoms with Gasteiger partial charge in [0, 0.05) is 0 Å². The second-order valence-corrected chi connectivity index (χ2v) is 2.43. The molecule has 0 N–H and O–H groups in total. The highest BCUT2D eigenvalue weighted by Gasteiger charge is 1.95. The van der Waals surface area contributed by atoms with Crippen LogP contribution in [-0.4, -0.2) is 5.17 Å². The van der Waals surface area contributed by atoms with E-state index in [1.807, 2.05) is 0 Å². The number of hydrogen-bond donors (Lipinski definition) is 0. The van der Waals surface area contributed by atoms with Crippen molar-refractivity contribution in [2.75, 3.05) is 0 Å². The SMILES string of the molecule is C=C(Cl)/N=C(/Cl)C(=C)Cl. The summed E-state index contributed by atoms with van der Waals surface area (Å²) in [6, 6.07) is 0.